The molecule has 9 heteroatoms. The molecule has 1 fully saturated rings. The first-order valence-electron chi connectivity index (χ1n) is 11.1. The number of hydrogen-bond donors (Lipinski definition) is 2. The van der Waals surface area contributed by atoms with E-state index in [1.165, 1.54) is 24.3 Å². The Balaban J connectivity index is 1.35. The molecule has 2 aromatic heterocycles. The SMILES string of the molecule is CN1CCC(Nc2cncc(-c3ccc4cnc(NC(=O)c5ccc(F)cc5)nc4c3)n2)CC1. The molecule has 5 rings (SSSR count). The van der Waals surface area contributed by atoms with Gasteiger partial charge < -0.3 is 10.2 Å². The Morgan fingerprint density at radius 2 is 1.82 bits per heavy atom. The molecule has 34 heavy (non-hydrogen) atoms. The predicted molar refractivity (Wildman–Crippen MR) is 129 cm³/mol. The number of carbonyl (C=O) groups excluding carboxylic acids is 1. The highest BCUT2D eigenvalue weighted by Gasteiger charge is 2.17. The first kappa shape index (κ1) is 21.8. The molecule has 1 saturated heterocycles. The Labute approximate surface area is 196 Å². The van der Waals surface area contributed by atoms with E-state index in [9.17, 15) is 9.18 Å². The molecule has 1 aliphatic rings. The second-order valence-electron chi connectivity index (χ2n) is 8.44. The molecular weight excluding hydrogens is 433 g/mol. The summed E-state index contributed by atoms with van der Waals surface area (Å²) < 4.78 is 13.1. The van der Waals surface area contributed by atoms with Crippen molar-refractivity contribution in [2.24, 2.45) is 0 Å². The highest BCUT2D eigenvalue weighted by atomic mass is 19.1. The number of likely N-dealkylation sites (tertiary alicyclic amines) is 1. The molecule has 0 bridgehead atoms. The fourth-order valence-electron chi connectivity index (χ4n) is 3.95. The lowest BCUT2D eigenvalue weighted by atomic mass is 10.1. The zero-order valence-corrected chi connectivity index (χ0v) is 18.7. The van der Waals surface area contributed by atoms with Crippen molar-refractivity contribution in [1.82, 2.24) is 24.8 Å². The summed E-state index contributed by atoms with van der Waals surface area (Å²) in [4.78, 5) is 32.6. The number of carbonyl (C=O) groups is 1. The number of rotatable bonds is 5. The van der Waals surface area contributed by atoms with Crippen molar-refractivity contribution in [2.75, 3.05) is 30.8 Å². The number of benzene rings is 2. The normalized spacial score (nSPS) is 14.8. The zero-order chi connectivity index (χ0) is 23.5. The third kappa shape index (κ3) is 4.99. The number of anilines is 2. The Morgan fingerprint density at radius 3 is 2.62 bits per heavy atom. The van der Waals surface area contributed by atoms with Gasteiger partial charge in [0.1, 0.15) is 11.6 Å². The second kappa shape index (κ2) is 9.48. The van der Waals surface area contributed by atoms with Crippen molar-refractivity contribution in [3.63, 3.8) is 0 Å². The van der Waals surface area contributed by atoms with Crippen molar-refractivity contribution in [3.8, 4) is 11.3 Å². The van der Waals surface area contributed by atoms with Gasteiger partial charge in [-0.15, -0.1) is 0 Å². The maximum atomic E-state index is 13.1. The highest BCUT2D eigenvalue weighted by Crippen LogP contribution is 2.24. The van der Waals surface area contributed by atoms with Gasteiger partial charge in [0, 0.05) is 28.8 Å². The van der Waals surface area contributed by atoms with Crippen molar-refractivity contribution in [2.45, 2.75) is 18.9 Å². The van der Waals surface area contributed by atoms with Gasteiger partial charge in [0.25, 0.3) is 5.91 Å². The summed E-state index contributed by atoms with van der Waals surface area (Å²) in [5, 5.41) is 6.99. The van der Waals surface area contributed by atoms with E-state index in [4.69, 9.17) is 4.98 Å². The van der Waals surface area contributed by atoms with Crippen LogP contribution in [0.25, 0.3) is 22.2 Å². The van der Waals surface area contributed by atoms with Crippen molar-refractivity contribution < 1.29 is 9.18 Å². The smallest absolute Gasteiger partial charge is 0.258 e. The molecule has 3 heterocycles. The van der Waals surface area contributed by atoms with Crippen LogP contribution < -0.4 is 10.6 Å². The van der Waals surface area contributed by atoms with E-state index in [1.807, 2.05) is 18.2 Å². The minimum Gasteiger partial charge on any atom is -0.366 e. The molecular formula is C25H24FN7O. The van der Waals surface area contributed by atoms with Gasteiger partial charge >= 0.3 is 0 Å². The molecule has 0 atom stereocenters. The molecule has 8 nitrogen and oxygen atoms in total. The number of piperidine rings is 1. The molecule has 0 aliphatic carbocycles. The Morgan fingerprint density at radius 1 is 1.03 bits per heavy atom. The topological polar surface area (TPSA) is 95.9 Å². The molecule has 0 spiro atoms. The van der Waals surface area contributed by atoms with Crippen LogP contribution in [0, 0.1) is 5.82 Å². The average molecular weight is 458 g/mol. The number of aromatic nitrogens is 4. The summed E-state index contributed by atoms with van der Waals surface area (Å²) in [7, 11) is 2.14. The molecule has 1 aliphatic heterocycles. The van der Waals surface area contributed by atoms with Crippen molar-refractivity contribution in [1.29, 1.82) is 0 Å². The van der Waals surface area contributed by atoms with Gasteiger partial charge in [-0.3, -0.25) is 15.1 Å². The largest absolute Gasteiger partial charge is 0.366 e. The molecule has 0 unspecified atom stereocenters. The fraction of sp³-hybridized carbons (Fsp3) is 0.240. The molecule has 0 saturated carbocycles. The van der Waals surface area contributed by atoms with Crippen LogP contribution in [-0.2, 0) is 0 Å². The summed E-state index contributed by atoms with van der Waals surface area (Å²) in [6.07, 6.45) is 7.26. The summed E-state index contributed by atoms with van der Waals surface area (Å²) in [6, 6.07) is 11.4. The molecule has 172 valence electrons. The summed E-state index contributed by atoms with van der Waals surface area (Å²) in [5.74, 6) is 0.110. The summed E-state index contributed by atoms with van der Waals surface area (Å²) in [6.45, 7) is 2.13. The van der Waals surface area contributed by atoms with E-state index < -0.39 is 11.7 Å². The Bertz CT molecular complexity index is 1320. The number of nitrogens with zero attached hydrogens (tertiary/aromatic N) is 5. The minimum atomic E-state index is -0.408. The number of fused-ring (bicyclic) bond motifs is 1. The maximum Gasteiger partial charge on any atom is 0.258 e. The van der Waals surface area contributed by atoms with Gasteiger partial charge in [0.15, 0.2) is 0 Å². The van der Waals surface area contributed by atoms with E-state index in [0.29, 0.717) is 17.1 Å². The van der Waals surface area contributed by atoms with Crippen LogP contribution in [0.5, 0.6) is 0 Å². The molecule has 0 radical (unpaired) electrons. The van der Waals surface area contributed by atoms with Crippen LogP contribution in [0.1, 0.15) is 23.2 Å². The quantitative estimate of drug-likeness (QED) is 0.468. The number of nitrogens with one attached hydrogen (secondary N) is 2. The van der Waals surface area contributed by atoms with E-state index in [2.05, 4.69) is 37.5 Å². The highest BCUT2D eigenvalue weighted by molar-refractivity contribution is 6.03. The number of halogens is 1. The van der Waals surface area contributed by atoms with E-state index >= 15 is 0 Å². The molecule has 2 N–H and O–H groups in total. The van der Waals surface area contributed by atoms with Gasteiger partial charge in [-0.05, 0) is 63.3 Å². The van der Waals surface area contributed by atoms with Crippen LogP contribution >= 0.6 is 0 Å². The lowest BCUT2D eigenvalue weighted by Crippen LogP contribution is -2.36. The monoisotopic (exact) mass is 457 g/mol. The summed E-state index contributed by atoms with van der Waals surface area (Å²) >= 11 is 0. The van der Waals surface area contributed by atoms with Gasteiger partial charge in [-0.2, -0.15) is 0 Å². The minimum absolute atomic E-state index is 0.169. The lowest BCUT2D eigenvalue weighted by Gasteiger charge is -2.29. The van der Waals surface area contributed by atoms with E-state index in [-0.39, 0.29) is 5.95 Å². The standard InChI is InChI=1S/C25H24FN7O/c1-33-10-8-20(9-11-33)29-23-15-27-14-22(30-23)17-2-3-18-13-28-25(31-21(18)12-17)32-24(34)16-4-6-19(26)7-5-16/h2-7,12-15,20H,8-11H2,1H3,(H,29,30)(H,28,31,32,34). The Hall–Kier alpha value is -3.98. The molecule has 1 amide bonds. The maximum absolute atomic E-state index is 13.1. The predicted octanol–water partition coefficient (Wildman–Crippen LogP) is 3.98. The Kier molecular flexibility index (Phi) is 6.09. The number of hydrogen-bond acceptors (Lipinski definition) is 7. The number of amides is 1. The van der Waals surface area contributed by atoms with Crippen LogP contribution in [0.3, 0.4) is 0 Å². The lowest BCUT2D eigenvalue weighted by molar-refractivity contribution is 0.102. The van der Waals surface area contributed by atoms with Crippen molar-refractivity contribution in [3.05, 3.63) is 72.4 Å². The van der Waals surface area contributed by atoms with Crippen LogP contribution in [0.2, 0.25) is 0 Å². The van der Waals surface area contributed by atoms with Crippen LogP contribution in [-0.4, -0.2) is 56.9 Å². The van der Waals surface area contributed by atoms with E-state index in [0.717, 1.165) is 48.4 Å². The van der Waals surface area contributed by atoms with Gasteiger partial charge in [0.05, 0.1) is 23.6 Å². The first-order valence-corrected chi connectivity index (χ1v) is 11.1. The van der Waals surface area contributed by atoms with E-state index in [1.54, 1.807) is 18.6 Å². The third-order valence-corrected chi connectivity index (χ3v) is 5.92. The van der Waals surface area contributed by atoms with Crippen LogP contribution in [0.4, 0.5) is 16.2 Å². The molecule has 2 aromatic carbocycles. The first-order chi connectivity index (χ1) is 16.5. The van der Waals surface area contributed by atoms with Crippen molar-refractivity contribution >= 4 is 28.6 Å². The van der Waals surface area contributed by atoms with Gasteiger partial charge in [0.2, 0.25) is 5.95 Å². The average Bonchev–Trinajstić information content (AvgIpc) is 2.85. The van der Waals surface area contributed by atoms with Gasteiger partial charge in [-0.1, -0.05) is 12.1 Å². The molecule has 4 aromatic rings. The second-order valence-corrected chi connectivity index (χ2v) is 8.44. The van der Waals surface area contributed by atoms with Gasteiger partial charge in [-0.25, -0.2) is 19.3 Å². The zero-order valence-electron chi connectivity index (χ0n) is 18.7. The van der Waals surface area contributed by atoms with Crippen LogP contribution in [0.15, 0.2) is 61.1 Å². The third-order valence-electron chi connectivity index (χ3n) is 5.92. The summed E-state index contributed by atoms with van der Waals surface area (Å²) in [5.41, 5.74) is 2.58. The fourth-order valence-corrected chi connectivity index (χ4v) is 3.95.